The quantitative estimate of drug-likeness (QED) is 0.834. The first-order valence-electron chi connectivity index (χ1n) is 5.64. The zero-order valence-electron chi connectivity index (χ0n) is 9.02. The van der Waals surface area contributed by atoms with Gasteiger partial charge in [-0.1, -0.05) is 18.2 Å². The maximum atomic E-state index is 5.39. The highest BCUT2D eigenvalue weighted by atomic mass is 16.3. The van der Waals surface area contributed by atoms with Crippen LogP contribution >= 0.6 is 0 Å². The Balaban J connectivity index is 2.04. The van der Waals surface area contributed by atoms with Gasteiger partial charge in [0.1, 0.15) is 6.26 Å². The summed E-state index contributed by atoms with van der Waals surface area (Å²) in [4.78, 5) is 4.23. The van der Waals surface area contributed by atoms with Crippen LogP contribution < -0.4 is 5.32 Å². The summed E-state index contributed by atoms with van der Waals surface area (Å²) >= 11 is 0. The molecule has 1 fully saturated rings. The van der Waals surface area contributed by atoms with Gasteiger partial charge in [-0.25, -0.2) is 4.98 Å². The van der Waals surface area contributed by atoms with Gasteiger partial charge in [-0.3, -0.25) is 0 Å². The molecule has 1 unspecified atom stereocenters. The molecular weight excluding hydrogens is 200 g/mol. The summed E-state index contributed by atoms with van der Waals surface area (Å²) in [6, 6.07) is 8.38. The lowest BCUT2D eigenvalue weighted by Gasteiger charge is -2.12. The van der Waals surface area contributed by atoms with E-state index < -0.39 is 0 Å². The van der Waals surface area contributed by atoms with Crippen LogP contribution in [0.2, 0.25) is 0 Å². The minimum Gasteiger partial charge on any atom is -0.445 e. The second kappa shape index (κ2) is 4.10. The van der Waals surface area contributed by atoms with E-state index in [2.05, 4.69) is 28.5 Å². The number of nitrogens with zero attached hydrogens (tertiary/aromatic N) is 1. The first-order chi connectivity index (χ1) is 7.95. The summed E-state index contributed by atoms with van der Waals surface area (Å²) in [6.07, 6.45) is 4.51. The zero-order valence-corrected chi connectivity index (χ0v) is 9.02. The van der Waals surface area contributed by atoms with Gasteiger partial charge in [0.15, 0.2) is 0 Å². The van der Waals surface area contributed by atoms with Crippen molar-refractivity contribution in [1.82, 2.24) is 10.3 Å². The highest BCUT2D eigenvalue weighted by Gasteiger charge is 2.20. The molecule has 0 amide bonds. The molecule has 0 aliphatic carbocycles. The molecule has 1 aliphatic heterocycles. The van der Waals surface area contributed by atoms with Crippen molar-refractivity contribution >= 4 is 0 Å². The van der Waals surface area contributed by atoms with E-state index in [1.807, 2.05) is 6.07 Å². The van der Waals surface area contributed by atoms with Crippen LogP contribution in [0.3, 0.4) is 0 Å². The molecule has 16 heavy (non-hydrogen) atoms. The summed E-state index contributed by atoms with van der Waals surface area (Å²) in [5.74, 6) is 1.31. The van der Waals surface area contributed by atoms with Crippen molar-refractivity contribution in [3.05, 3.63) is 42.3 Å². The molecule has 1 aliphatic rings. The van der Waals surface area contributed by atoms with Crippen LogP contribution in [0, 0.1) is 0 Å². The number of oxazole rings is 1. The monoisotopic (exact) mass is 214 g/mol. The normalized spacial score (nSPS) is 20.1. The van der Waals surface area contributed by atoms with Gasteiger partial charge in [-0.15, -0.1) is 0 Å². The van der Waals surface area contributed by atoms with E-state index in [-0.39, 0.29) is 0 Å². The third-order valence-corrected chi connectivity index (χ3v) is 3.12. The molecule has 1 N–H and O–H groups in total. The predicted octanol–water partition coefficient (Wildman–Crippen LogP) is 2.42. The van der Waals surface area contributed by atoms with E-state index in [1.165, 1.54) is 12.0 Å². The Morgan fingerprint density at radius 1 is 1.31 bits per heavy atom. The molecule has 0 radical (unpaired) electrons. The molecule has 1 aromatic heterocycles. The molecule has 3 nitrogen and oxygen atoms in total. The van der Waals surface area contributed by atoms with E-state index in [1.54, 1.807) is 12.5 Å². The molecule has 2 heterocycles. The van der Waals surface area contributed by atoms with E-state index in [0.29, 0.717) is 5.92 Å². The Bertz CT molecular complexity index is 459. The van der Waals surface area contributed by atoms with Gasteiger partial charge in [0.2, 0.25) is 5.89 Å². The Morgan fingerprint density at radius 2 is 2.25 bits per heavy atom. The average molecular weight is 214 g/mol. The van der Waals surface area contributed by atoms with Gasteiger partial charge in [0.05, 0.1) is 6.20 Å². The van der Waals surface area contributed by atoms with E-state index in [0.717, 1.165) is 24.5 Å². The molecule has 1 atom stereocenters. The SMILES string of the molecule is c1ccc(C2CCNC2)c(-c2ncco2)c1. The number of benzene rings is 1. The molecule has 3 rings (SSSR count). The van der Waals surface area contributed by atoms with Gasteiger partial charge >= 0.3 is 0 Å². The molecule has 1 saturated heterocycles. The van der Waals surface area contributed by atoms with Crippen molar-refractivity contribution in [2.45, 2.75) is 12.3 Å². The second-order valence-corrected chi connectivity index (χ2v) is 4.11. The lowest BCUT2D eigenvalue weighted by molar-refractivity contribution is 0.572. The lowest BCUT2D eigenvalue weighted by Crippen LogP contribution is -2.08. The van der Waals surface area contributed by atoms with E-state index >= 15 is 0 Å². The molecule has 0 bridgehead atoms. The number of hydrogen-bond acceptors (Lipinski definition) is 3. The zero-order chi connectivity index (χ0) is 10.8. The van der Waals surface area contributed by atoms with Crippen molar-refractivity contribution in [2.75, 3.05) is 13.1 Å². The molecule has 1 aromatic carbocycles. The molecule has 82 valence electrons. The van der Waals surface area contributed by atoms with Crippen LogP contribution in [-0.2, 0) is 0 Å². The molecule has 3 heteroatoms. The first kappa shape index (κ1) is 9.60. The summed E-state index contributed by atoms with van der Waals surface area (Å²) in [5, 5.41) is 3.39. The van der Waals surface area contributed by atoms with Gasteiger partial charge in [0.25, 0.3) is 0 Å². The van der Waals surface area contributed by atoms with E-state index in [4.69, 9.17) is 4.42 Å². The fourth-order valence-corrected chi connectivity index (χ4v) is 2.32. The fraction of sp³-hybridized carbons (Fsp3) is 0.308. The van der Waals surface area contributed by atoms with E-state index in [9.17, 15) is 0 Å². The topological polar surface area (TPSA) is 38.1 Å². The maximum absolute atomic E-state index is 5.39. The third-order valence-electron chi connectivity index (χ3n) is 3.12. The lowest BCUT2D eigenvalue weighted by atomic mass is 9.93. The van der Waals surface area contributed by atoms with Gasteiger partial charge in [-0.2, -0.15) is 0 Å². The van der Waals surface area contributed by atoms with Crippen LogP contribution in [0.5, 0.6) is 0 Å². The number of hydrogen-bond donors (Lipinski definition) is 1. The van der Waals surface area contributed by atoms with Crippen LogP contribution in [0.4, 0.5) is 0 Å². The smallest absolute Gasteiger partial charge is 0.226 e. The third kappa shape index (κ3) is 1.63. The highest BCUT2D eigenvalue weighted by molar-refractivity contribution is 5.59. The predicted molar refractivity (Wildman–Crippen MR) is 62.2 cm³/mol. The van der Waals surface area contributed by atoms with Crippen LogP contribution in [0.15, 0.2) is 41.1 Å². The number of aromatic nitrogens is 1. The molecular formula is C13H14N2O. The number of rotatable bonds is 2. The van der Waals surface area contributed by atoms with Crippen LogP contribution in [0.1, 0.15) is 17.9 Å². The van der Waals surface area contributed by atoms with Crippen molar-refractivity contribution in [2.24, 2.45) is 0 Å². The molecule has 0 spiro atoms. The molecule has 2 aromatic rings. The van der Waals surface area contributed by atoms with Crippen molar-refractivity contribution < 1.29 is 4.42 Å². The highest BCUT2D eigenvalue weighted by Crippen LogP contribution is 2.31. The number of nitrogens with one attached hydrogen (secondary N) is 1. The van der Waals surface area contributed by atoms with Crippen molar-refractivity contribution in [3.63, 3.8) is 0 Å². The van der Waals surface area contributed by atoms with Crippen molar-refractivity contribution in [1.29, 1.82) is 0 Å². The maximum Gasteiger partial charge on any atom is 0.226 e. The van der Waals surface area contributed by atoms with Crippen molar-refractivity contribution in [3.8, 4) is 11.5 Å². The summed E-state index contributed by atoms with van der Waals surface area (Å²) in [7, 11) is 0. The summed E-state index contributed by atoms with van der Waals surface area (Å²) in [5.41, 5.74) is 2.47. The Kier molecular flexibility index (Phi) is 2.46. The van der Waals surface area contributed by atoms with Gasteiger partial charge < -0.3 is 9.73 Å². The minimum atomic E-state index is 0.586. The van der Waals surface area contributed by atoms with Crippen LogP contribution in [0.25, 0.3) is 11.5 Å². The fourth-order valence-electron chi connectivity index (χ4n) is 2.32. The summed E-state index contributed by atoms with van der Waals surface area (Å²) < 4.78 is 5.39. The average Bonchev–Trinajstić information content (AvgIpc) is 3.03. The standard InChI is InChI=1S/C13H14N2O/c1-2-4-12(13-15-7-8-16-13)11(3-1)10-5-6-14-9-10/h1-4,7-8,10,14H,5-6,9H2. The largest absolute Gasteiger partial charge is 0.445 e. The first-order valence-corrected chi connectivity index (χ1v) is 5.64. The minimum absolute atomic E-state index is 0.586. The van der Waals surface area contributed by atoms with Gasteiger partial charge in [-0.05, 0) is 30.5 Å². The Morgan fingerprint density at radius 3 is 3.00 bits per heavy atom. The second-order valence-electron chi connectivity index (χ2n) is 4.11. The van der Waals surface area contributed by atoms with Crippen LogP contribution in [-0.4, -0.2) is 18.1 Å². The summed E-state index contributed by atoms with van der Waals surface area (Å²) in [6.45, 7) is 2.16. The Labute approximate surface area is 94.5 Å². The Hall–Kier alpha value is -1.61. The molecule has 0 saturated carbocycles. The van der Waals surface area contributed by atoms with Gasteiger partial charge in [0, 0.05) is 12.1 Å².